The number of hydrogen-bond donors (Lipinski definition) is 2. The first-order valence-electron chi connectivity index (χ1n) is 9.97. The number of amides is 2. The van der Waals surface area contributed by atoms with Crippen molar-refractivity contribution in [1.82, 2.24) is 15.5 Å². The van der Waals surface area contributed by atoms with Gasteiger partial charge in [0.2, 0.25) is 0 Å². The summed E-state index contributed by atoms with van der Waals surface area (Å²) in [4.78, 5) is 26.5. The quantitative estimate of drug-likeness (QED) is 0.669. The van der Waals surface area contributed by atoms with Gasteiger partial charge in [0.15, 0.2) is 0 Å². The number of benzene rings is 2. The number of rotatable bonds is 3. The summed E-state index contributed by atoms with van der Waals surface area (Å²) in [7, 11) is 0. The van der Waals surface area contributed by atoms with Crippen molar-refractivity contribution in [3.05, 3.63) is 58.5 Å². The monoisotopic (exact) mass is 392 g/mol. The summed E-state index contributed by atoms with van der Waals surface area (Å²) in [5.74, 6) is -0.565. The lowest BCUT2D eigenvalue weighted by Gasteiger charge is -2.35. The molecule has 0 aliphatic carbocycles. The van der Waals surface area contributed by atoms with E-state index in [9.17, 15) is 14.0 Å². The van der Waals surface area contributed by atoms with Gasteiger partial charge in [0.1, 0.15) is 5.82 Å². The van der Waals surface area contributed by atoms with Gasteiger partial charge in [-0.2, -0.15) is 5.10 Å². The summed E-state index contributed by atoms with van der Waals surface area (Å²) in [5.41, 5.74) is 4.69. The second kappa shape index (κ2) is 6.69. The topological polar surface area (TPSA) is 78.1 Å². The summed E-state index contributed by atoms with van der Waals surface area (Å²) >= 11 is 0. The first-order chi connectivity index (χ1) is 14.1. The van der Waals surface area contributed by atoms with Gasteiger partial charge in [0.25, 0.3) is 11.8 Å². The minimum Gasteiger partial charge on any atom is -0.371 e. The maximum Gasteiger partial charge on any atom is 0.259 e. The number of carbonyl (C=O) groups is 2. The summed E-state index contributed by atoms with van der Waals surface area (Å²) < 4.78 is 13.4. The highest BCUT2D eigenvalue weighted by atomic mass is 19.1. The first kappa shape index (κ1) is 17.8. The average molecular weight is 392 g/mol. The zero-order valence-corrected chi connectivity index (χ0v) is 16.1. The highest BCUT2D eigenvalue weighted by molar-refractivity contribution is 6.22. The van der Waals surface area contributed by atoms with Crippen LogP contribution in [0.15, 0.2) is 30.3 Å². The molecule has 3 aromatic rings. The van der Waals surface area contributed by atoms with Crippen LogP contribution >= 0.6 is 0 Å². The molecule has 6 nitrogen and oxygen atoms in total. The lowest BCUT2D eigenvalue weighted by molar-refractivity contribution is 0.0879. The van der Waals surface area contributed by atoms with E-state index in [1.165, 1.54) is 12.1 Å². The van der Waals surface area contributed by atoms with Gasteiger partial charge in [-0.1, -0.05) is 6.92 Å². The number of anilines is 1. The van der Waals surface area contributed by atoms with Crippen LogP contribution < -0.4 is 10.2 Å². The highest BCUT2D eigenvalue weighted by Crippen LogP contribution is 2.36. The minimum atomic E-state index is -0.312. The van der Waals surface area contributed by atoms with E-state index in [4.69, 9.17) is 0 Å². The molecule has 1 aromatic heterocycles. The Morgan fingerprint density at radius 3 is 2.69 bits per heavy atom. The number of carbonyl (C=O) groups excluding carboxylic acids is 2. The Balaban J connectivity index is 1.40. The van der Waals surface area contributed by atoms with Crippen LogP contribution in [0.5, 0.6) is 0 Å². The molecule has 7 heteroatoms. The van der Waals surface area contributed by atoms with E-state index in [2.05, 4.69) is 20.4 Å². The number of nitrogens with zero attached hydrogens (tertiary/aromatic N) is 2. The lowest BCUT2D eigenvalue weighted by atomic mass is 9.90. The number of aromatic nitrogens is 2. The molecule has 29 heavy (non-hydrogen) atoms. The smallest absolute Gasteiger partial charge is 0.259 e. The minimum absolute atomic E-state index is 0.281. The molecule has 2 N–H and O–H groups in total. The summed E-state index contributed by atoms with van der Waals surface area (Å²) in [6, 6.07) is 8.44. The number of hydrogen-bond acceptors (Lipinski definition) is 4. The molecule has 2 aliphatic heterocycles. The molecule has 5 rings (SSSR count). The summed E-state index contributed by atoms with van der Waals surface area (Å²) in [6.45, 7) is 3.69. The van der Waals surface area contributed by atoms with Crippen LogP contribution in [0.1, 0.15) is 57.7 Å². The van der Waals surface area contributed by atoms with Gasteiger partial charge < -0.3 is 4.90 Å². The number of nitrogens with one attached hydrogen (secondary N) is 2. The molecule has 0 spiro atoms. The number of imide groups is 1. The third-order valence-electron chi connectivity index (χ3n) is 6.13. The predicted octanol–water partition coefficient (Wildman–Crippen LogP) is 3.53. The van der Waals surface area contributed by atoms with E-state index in [0.29, 0.717) is 29.0 Å². The highest BCUT2D eigenvalue weighted by Gasteiger charge is 2.32. The number of fused-ring (bicyclic) bond motifs is 2. The van der Waals surface area contributed by atoms with Crippen molar-refractivity contribution in [2.75, 3.05) is 18.0 Å². The normalized spacial score (nSPS) is 17.1. The van der Waals surface area contributed by atoms with Gasteiger partial charge in [-0.3, -0.25) is 20.0 Å². The first-order valence-corrected chi connectivity index (χ1v) is 9.97. The van der Waals surface area contributed by atoms with E-state index in [1.807, 2.05) is 13.0 Å². The van der Waals surface area contributed by atoms with Gasteiger partial charge in [0.05, 0.1) is 16.6 Å². The Morgan fingerprint density at radius 1 is 1.14 bits per heavy atom. The SMILES string of the molecule is CCc1c(N2CCC(c3[nH]nc4cc(F)ccc34)CC2)ccc2c1C(=O)NC2=O. The largest absolute Gasteiger partial charge is 0.371 e. The third-order valence-corrected chi connectivity index (χ3v) is 6.13. The van der Waals surface area contributed by atoms with Crippen molar-refractivity contribution in [2.45, 2.75) is 32.1 Å². The Bertz CT molecular complexity index is 1150. The molecule has 148 valence electrons. The molecule has 0 bridgehead atoms. The van der Waals surface area contributed by atoms with E-state index in [0.717, 1.165) is 48.3 Å². The molecule has 2 aromatic carbocycles. The zero-order chi connectivity index (χ0) is 20.1. The van der Waals surface area contributed by atoms with Gasteiger partial charge >= 0.3 is 0 Å². The van der Waals surface area contributed by atoms with Crippen LogP contribution in [0.2, 0.25) is 0 Å². The molecular weight excluding hydrogens is 371 g/mol. The molecule has 1 fully saturated rings. The van der Waals surface area contributed by atoms with Gasteiger partial charge in [-0.15, -0.1) is 0 Å². The molecule has 3 heterocycles. The number of halogens is 1. The maximum absolute atomic E-state index is 13.4. The molecule has 1 saturated heterocycles. The standard InChI is InChI=1S/C22H21FN4O2/c1-2-14-18(6-5-16-19(14)22(29)24-21(16)28)27-9-7-12(8-10-27)20-15-4-3-13(23)11-17(15)25-26-20/h3-6,11-12H,2,7-10H2,1H3,(H,25,26)(H,24,28,29). The van der Waals surface area contributed by atoms with E-state index >= 15 is 0 Å². The second-order valence-corrected chi connectivity index (χ2v) is 7.68. The van der Waals surface area contributed by atoms with Crippen molar-refractivity contribution in [3.63, 3.8) is 0 Å². The third kappa shape index (κ3) is 2.80. The van der Waals surface area contributed by atoms with E-state index in [1.54, 1.807) is 12.1 Å². The Labute approximate surface area is 167 Å². The Hall–Kier alpha value is -3.22. The van der Waals surface area contributed by atoms with Gasteiger partial charge in [-0.25, -0.2) is 4.39 Å². The maximum atomic E-state index is 13.4. The van der Waals surface area contributed by atoms with Crippen molar-refractivity contribution >= 4 is 28.4 Å². The molecule has 0 saturated carbocycles. The van der Waals surface area contributed by atoms with E-state index < -0.39 is 0 Å². The van der Waals surface area contributed by atoms with Crippen LogP contribution in [0.4, 0.5) is 10.1 Å². The van der Waals surface area contributed by atoms with Crippen LogP contribution in [-0.4, -0.2) is 35.1 Å². The van der Waals surface area contributed by atoms with Gasteiger partial charge in [0, 0.05) is 41.8 Å². The lowest BCUT2D eigenvalue weighted by Crippen LogP contribution is -2.34. The molecule has 0 radical (unpaired) electrons. The van der Waals surface area contributed by atoms with Crippen molar-refractivity contribution < 1.29 is 14.0 Å². The van der Waals surface area contributed by atoms with Gasteiger partial charge in [-0.05, 0) is 49.1 Å². The molecular formula is C22H21FN4O2. The molecule has 0 atom stereocenters. The molecule has 0 unspecified atom stereocenters. The van der Waals surface area contributed by atoms with Crippen LogP contribution in [0.3, 0.4) is 0 Å². The van der Waals surface area contributed by atoms with E-state index in [-0.39, 0.29) is 17.6 Å². The van der Waals surface area contributed by atoms with Crippen LogP contribution in [0, 0.1) is 5.82 Å². The predicted molar refractivity (Wildman–Crippen MR) is 108 cm³/mol. The van der Waals surface area contributed by atoms with Crippen molar-refractivity contribution in [3.8, 4) is 0 Å². The van der Waals surface area contributed by atoms with Crippen LogP contribution in [0.25, 0.3) is 10.9 Å². The Morgan fingerprint density at radius 2 is 1.93 bits per heavy atom. The van der Waals surface area contributed by atoms with Crippen LogP contribution in [-0.2, 0) is 6.42 Å². The molecule has 2 amide bonds. The van der Waals surface area contributed by atoms with Crippen molar-refractivity contribution in [1.29, 1.82) is 0 Å². The summed E-state index contributed by atoms with van der Waals surface area (Å²) in [6.07, 6.45) is 2.55. The van der Waals surface area contributed by atoms with Crippen molar-refractivity contribution in [2.24, 2.45) is 0 Å². The number of piperidine rings is 1. The fourth-order valence-corrected chi connectivity index (χ4v) is 4.70. The number of aromatic amines is 1. The number of H-pyrrole nitrogens is 1. The molecule has 2 aliphatic rings. The average Bonchev–Trinajstić information content (AvgIpc) is 3.27. The Kier molecular flexibility index (Phi) is 4.12. The summed E-state index contributed by atoms with van der Waals surface area (Å²) in [5, 5.41) is 10.7. The fraction of sp³-hybridized carbons (Fsp3) is 0.318. The zero-order valence-electron chi connectivity index (χ0n) is 16.1. The fourth-order valence-electron chi connectivity index (χ4n) is 4.70. The second-order valence-electron chi connectivity index (χ2n) is 7.68.